The maximum Gasteiger partial charge on any atom is 0.255 e. The van der Waals surface area contributed by atoms with E-state index in [1.54, 1.807) is 23.1 Å². The van der Waals surface area contributed by atoms with Crippen LogP contribution in [0.4, 0.5) is 5.69 Å². The summed E-state index contributed by atoms with van der Waals surface area (Å²) in [6.07, 6.45) is 1.51. The molecule has 1 aliphatic rings. The number of nitrogens with two attached hydrogens (primary N) is 1. The predicted octanol–water partition coefficient (Wildman–Crippen LogP) is 1.66. The molecule has 5 nitrogen and oxygen atoms in total. The molecule has 1 heterocycles. The third-order valence-electron chi connectivity index (χ3n) is 3.44. The number of hydrogen-bond donors (Lipinski definition) is 2. The number of carbonyl (C=O) groups is 2. The Labute approximate surface area is 123 Å². The van der Waals surface area contributed by atoms with Gasteiger partial charge in [0, 0.05) is 36.8 Å². The van der Waals surface area contributed by atoms with E-state index in [0.29, 0.717) is 29.4 Å². The third-order valence-corrected chi connectivity index (χ3v) is 3.67. The molecule has 0 aromatic heterocycles. The molecule has 2 amide bonds. The molecule has 0 unspecified atom stereocenters. The highest BCUT2D eigenvalue weighted by molar-refractivity contribution is 6.31. The number of anilines is 1. The first-order chi connectivity index (χ1) is 9.47. The monoisotopic (exact) mass is 295 g/mol. The predicted molar refractivity (Wildman–Crippen MR) is 78.6 cm³/mol. The topological polar surface area (TPSA) is 75.4 Å². The van der Waals surface area contributed by atoms with Crippen molar-refractivity contribution in [3.05, 3.63) is 28.8 Å². The van der Waals surface area contributed by atoms with E-state index in [4.69, 9.17) is 17.3 Å². The van der Waals surface area contributed by atoms with Gasteiger partial charge in [-0.2, -0.15) is 0 Å². The molecule has 20 heavy (non-hydrogen) atoms. The number of piperidine rings is 1. The average molecular weight is 296 g/mol. The fraction of sp³-hybridized carbons (Fsp3) is 0.429. The Balaban J connectivity index is 2.01. The second-order valence-corrected chi connectivity index (χ2v) is 5.44. The Morgan fingerprint density at radius 3 is 2.60 bits per heavy atom. The van der Waals surface area contributed by atoms with Gasteiger partial charge in [0.15, 0.2) is 0 Å². The van der Waals surface area contributed by atoms with Crippen molar-refractivity contribution in [3.63, 3.8) is 0 Å². The summed E-state index contributed by atoms with van der Waals surface area (Å²) in [4.78, 5) is 25.2. The van der Waals surface area contributed by atoms with Crippen LogP contribution in [-0.4, -0.2) is 35.8 Å². The third kappa shape index (κ3) is 3.42. The lowest BCUT2D eigenvalue weighted by Gasteiger charge is -2.32. The van der Waals surface area contributed by atoms with Gasteiger partial charge in [0.2, 0.25) is 5.91 Å². The molecule has 1 fully saturated rings. The lowest BCUT2D eigenvalue weighted by atomic mass is 10.0. The van der Waals surface area contributed by atoms with Crippen LogP contribution < -0.4 is 11.1 Å². The summed E-state index contributed by atoms with van der Waals surface area (Å²) in [5.41, 5.74) is 6.70. The van der Waals surface area contributed by atoms with Crippen LogP contribution in [0.25, 0.3) is 0 Å². The van der Waals surface area contributed by atoms with E-state index >= 15 is 0 Å². The van der Waals surface area contributed by atoms with Crippen LogP contribution in [0.15, 0.2) is 18.2 Å². The van der Waals surface area contributed by atoms with Crippen LogP contribution in [-0.2, 0) is 4.79 Å². The quantitative estimate of drug-likeness (QED) is 0.815. The summed E-state index contributed by atoms with van der Waals surface area (Å²) < 4.78 is 0. The number of likely N-dealkylation sites (tertiary alicyclic amines) is 1. The van der Waals surface area contributed by atoms with Gasteiger partial charge in [-0.15, -0.1) is 0 Å². The molecule has 3 N–H and O–H groups in total. The number of carbonyl (C=O) groups excluding carboxylic acids is 2. The Kier molecular flexibility index (Phi) is 4.49. The lowest BCUT2D eigenvalue weighted by molar-refractivity contribution is -0.119. The molecule has 6 heteroatoms. The molecule has 1 aromatic carbocycles. The Bertz CT molecular complexity index is 525. The molecule has 0 saturated carbocycles. The highest BCUT2D eigenvalue weighted by atomic mass is 35.5. The Morgan fingerprint density at radius 1 is 1.35 bits per heavy atom. The van der Waals surface area contributed by atoms with Crippen molar-refractivity contribution < 1.29 is 9.59 Å². The van der Waals surface area contributed by atoms with E-state index < -0.39 is 0 Å². The summed E-state index contributed by atoms with van der Waals surface area (Å²) >= 11 is 5.91. The second-order valence-electron chi connectivity index (χ2n) is 5.00. The first kappa shape index (κ1) is 14.7. The molecule has 1 aromatic rings. The average Bonchev–Trinajstić information content (AvgIpc) is 2.41. The molecule has 0 radical (unpaired) electrons. The first-order valence-electron chi connectivity index (χ1n) is 6.59. The van der Waals surface area contributed by atoms with Crippen molar-refractivity contribution >= 4 is 29.1 Å². The summed E-state index contributed by atoms with van der Waals surface area (Å²) in [7, 11) is 0. The SMILES string of the molecule is CC(=O)NC1CCN(C(=O)c2cc(Cl)ccc2N)CC1. The number of halogens is 1. The molecule has 108 valence electrons. The van der Waals surface area contributed by atoms with Crippen molar-refractivity contribution in [2.24, 2.45) is 0 Å². The van der Waals surface area contributed by atoms with Crippen LogP contribution >= 0.6 is 11.6 Å². The molecule has 0 atom stereocenters. The zero-order valence-corrected chi connectivity index (χ0v) is 12.1. The first-order valence-corrected chi connectivity index (χ1v) is 6.96. The maximum absolute atomic E-state index is 12.4. The molecule has 0 aliphatic carbocycles. The molecule has 2 rings (SSSR count). The van der Waals surface area contributed by atoms with Crippen molar-refractivity contribution in [1.82, 2.24) is 10.2 Å². The number of rotatable bonds is 2. The summed E-state index contributed by atoms with van der Waals surface area (Å²) in [6.45, 7) is 2.72. The molecule has 0 spiro atoms. The Hall–Kier alpha value is -1.75. The van der Waals surface area contributed by atoms with Crippen molar-refractivity contribution in [3.8, 4) is 0 Å². The lowest BCUT2D eigenvalue weighted by Crippen LogP contribution is -2.46. The van der Waals surface area contributed by atoms with E-state index in [-0.39, 0.29) is 17.9 Å². The van der Waals surface area contributed by atoms with Gasteiger partial charge in [0.25, 0.3) is 5.91 Å². The minimum Gasteiger partial charge on any atom is -0.398 e. The fourth-order valence-electron chi connectivity index (χ4n) is 2.40. The summed E-state index contributed by atoms with van der Waals surface area (Å²) in [6, 6.07) is 5.04. The van der Waals surface area contributed by atoms with Crippen molar-refractivity contribution in [2.45, 2.75) is 25.8 Å². The van der Waals surface area contributed by atoms with E-state index in [9.17, 15) is 9.59 Å². The van der Waals surface area contributed by atoms with Gasteiger partial charge < -0.3 is 16.0 Å². The largest absolute Gasteiger partial charge is 0.398 e. The second kappa shape index (κ2) is 6.13. The number of nitrogens with zero attached hydrogens (tertiary/aromatic N) is 1. The Morgan fingerprint density at radius 2 is 2.00 bits per heavy atom. The van der Waals surface area contributed by atoms with Gasteiger partial charge in [-0.1, -0.05) is 11.6 Å². The van der Waals surface area contributed by atoms with Gasteiger partial charge in [-0.25, -0.2) is 0 Å². The van der Waals surface area contributed by atoms with Crippen LogP contribution in [0, 0.1) is 0 Å². The molecular formula is C14H18ClN3O2. The van der Waals surface area contributed by atoms with Gasteiger partial charge in [-0.3, -0.25) is 9.59 Å². The smallest absolute Gasteiger partial charge is 0.255 e. The number of benzene rings is 1. The summed E-state index contributed by atoms with van der Waals surface area (Å²) in [5, 5.41) is 3.37. The van der Waals surface area contributed by atoms with E-state index in [1.165, 1.54) is 6.92 Å². The van der Waals surface area contributed by atoms with Crippen molar-refractivity contribution in [2.75, 3.05) is 18.8 Å². The van der Waals surface area contributed by atoms with Crippen molar-refractivity contribution in [1.29, 1.82) is 0 Å². The fourth-order valence-corrected chi connectivity index (χ4v) is 2.57. The standard InChI is InChI=1S/C14H18ClN3O2/c1-9(19)17-11-4-6-18(7-5-11)14(20)12-8-10(15)2-3-13(12)16/h2-3,8,11H,4-7,16H2,1H3,(H,17,19). The van der Waals surface area contributed by atoms with Gasteiger partial charge in [-0.05, 0) is 31.0 Å². The molecule has 0 bridgehead atoms. The van der Waals surface area contributed by atoms with Crippen LogP contribution in [0.2, 0.25) is 5.02 Å². The van der Waals surface area contributed by atoms with Gasteiger partial charge in [0.1, 0.15) is 0 Å². The normalized spacial score (nSPS) is 16.0. The molecular weight excluding hydrogens is 278 g/mol. The van der Waals surface area contributed by atoms with E-state index in [1.807, 2.05) is 0 Å². The maximum atomic E-state index is 12.4. The zero-order chi connectivity index (χ0) is 14.7. The van der Waals surface area contributed by atoms with Gasteiger partial charge in [0.05, 0.1) is 5.56 Å². The highest BCUT2D eigenvalue weighted by Crippen LogP contribution is 2.21. The van der Waals surface area contributed by atoms with E-state index in [2.05, 4.69) is 5.32 Å². The van der Waals surface area contributed by atoms with E-state index in [0.717, 1.165) is 12.8 Å². The summed E-state index contributed by atoms with van der Waals surface area (Å²) in [5.74, 6) is -0.139. The number of nitrogens with one attached hydrogen (secondary N) is 1. The van der Waals surface area contributed by atoms with Crippen LogP contribution in [0.1, 0.15) is 30.1 Å². The number of nitrogen functional groups attached to an aromatic ring is 1. The number of hydrogen-bond acceptors (Lipinski definition) is 3. The van der Waals surface area contributed by atoms with Crippen LogP contribution in [0.5, 0.6) is 0 Å². The van der Waals surface area contributed by atoms with Gasteiger partial charge >= 0.3 is 0 Å². The zero-order valence-electron chi connectivity index (χ0n) is 11.4. The number of amides is 2. The molecule has 1 aliphatic heterocycles. The minimum absolute atomic E-state index is 0.0335. The van der Waals surface area contributed by atoms with Crippen LogP contribution in [0.3, 0.4) is 0 Å². The molecule has 1 saturated heterocycles. The highest BCUT2D eigenvalue weighted by Gasteiger charge is 2.25. The minimum atomic E-state index is -0.105.